The van der Waals surface area contributed by atoms with Crippen LogP contribution in [0.2, 0.25) is 0 Å². The van der Waals surface area contributed by atoms with E-state index in [9.17, 15) is 0 Å². The van der Waals surface area contributed by atoms with E-state index >= 15 is 0 Å². The number of aromatic nitrogens is 4. The normalized spacial score (nSPS) is 12.9. The zero-order valence-corrected chi connectivity index (χ0v) is 27.3. The fourth-order valence-electron chi connectivity index (χ4n) is 5.82. The number of hydrogen-bond acceptors (Lipinski definition) is 5. The Labute approximate surface area is 271 Å². The van der Waals surface area contributed by atoms with Crippen LogP contribution in [0.5, 0.6) is 11.5 Å². The third kappa shape index (κ3) is 5.79. The fourth-order valence-corrected chi connectivity index (χ4v) is 5.82. The summed E-state index contributed by atoms with van der Waals surface area (Å²) in [6.07, 6.45) is 1.91. The number of hydrogen-bond donors (Lipinski definition) is 0. The standard InChI is InChI=1S/C40H39N5O/c1-39(2,3)29-19-20-41-35(24-29)28-21-30(40(4,5)6)23-33(22-28)46-32-16-12-15-31(25-32)44-26-45-38(34-17-10-11-18-36(34)44)42-37(43-45)27-13-8-7-9-14-27/h7-25H,26H2,1-6H3. The van der Waals surface area contributed by atoms with E-state index in [1.807, 2.05) is 53.3 Å². The Kier molecular flexibility index (Phi) is 7.23. The van der Waals surface area contributed by atoms with Crippen LogP contribution >= 0.6 is 0 Å². The topological polar surface area (TPSA) is 56.1 Å². The summed E-state index contributed by atoms with van der Waals surface area (Å²) in [5, 5.41) is 4.90. The summed E-state index contributed by atoms with van der Waals surface area (Å²) in [6, 6.07) is 37.5. The zero-order valence-electron chi connectivity index (χ0n) is 27.3. The van der Waals surface area contributed by atoms with Gasteiger partial charge in [0.2, 0.25) is 0 Å². The van der Waals surface area contributed by atoms with Gasteiger partial charge in [-0.25, -0.2) is 9.67 Å². The predicted molar refractivity (Wildman–Crippen MR) is 187 cm³/mol. The van der Waals surface area contributed by atoms with Gasteiger partial charge in [0.1, 0.15) is 18.2 Å². The molecule has 0 spiro atoms. The number of para-hydroxylation sites is 1. The lowest BCUT2D eigenvalue weighted by molar-refractivity contribution is 0.478. The molecule has 0 N–H and O–H groups in total. The molecule has 0 unspecified atom stereocenters. The first-order chi connectivity index (χ1) is 22.0. The van der Waals surface area contributed by atoms with Crippen molar-refractivity contribution < 1.29 is 4.74 Å². The molecule has 0 saturated carbocycles. The summed E-state index contributed by atoms with van der Waals surface area (Å²) in [7, 11) is 0. The van der Waals surface area contributed by atoms with Gasteiger partial charge in [0.05, 0.1) is 11.4 Å². The minimum Gasteiger partial charge on any atom is -0.457 e. The van der Waals surface area contributed by atoms with Crippen LogP contribution in [0.15, 0.2) is 115 Å². The SMILES string of the molecule is CC(C)(C)c1cc(Oc2cccc(N3Cn4nc(-c5ccccc5)nc4-c4ccccc43)c2)cc(-c2cc(C(C)(C)C)ccn2)c1. The first-order valence-corrected chi connectivity index (χ1v) is 15.8. The molecule has 3 heterocycles. The molecule has 6 heteroatoms. The summed E-state index contributed by atoms with van der Waals surface area (Å²) in [6.45, 7) is 13.9. The van der Waals surface area contributed by atoms with Crippen LogP contribution in [0.4, 0.5) is 11.4 Å². The smallest absolute Gasteiger partial charge is 0.181 e. The van der Waals surface area contributed by atoms with Crippen molar-refractivity contribution in [1.29, 1.82) is 0 Å². The molecule has 0 bridgehead atoms. The lowest BCUT2D eigenvalue weighted by atomic mass is 9.84. The lowest BCUT2D eigenvalue weighted by Gasteiger charge is -2.31. The molecule has 230 valence electrons. The summed E-state index contributed by atoms with van der Waals surface area (Å²) in [5.41, 5.74) is 8.54. The fraction of sp³-hybridized carbons (Fsp3) is 0.225. The number of nitrogens with zero attached hydrogens (tertiary/aromatic N) is 5. The Hall–Kier alpha value is -5.23. The average molecular weight is 606 g/mol. The van der Waals surface area contributed by atoms with E-state index < -0.39 is 0 Å². The molecule has 0 saturated heterocycles. The molecule has 0 fully saturated rings. The third-order valence-corrected chi connectivity index (χ3v) is 8.47. The predicted octanol–water partition coefficient (Wildman–Crippen LogP) is 10.2. The van der Waals surface area contributed by atoms with Gasteiger partial charge in [0.25, 0.3) is 0 Å². The van der Waals surface area contributed by atoms with Crippen molar-refractivity contribution in [3.8, 4) is 45.5 Å². The Morgan fingerprint density at radius 3 is 2.20 bits per heavy atom. The van der Waals surface area contributed by atoms with Crippen LogP contribution in [0.25, 0.3) is 34.0 Å². The van der Waals surface area contributed by atoms with E-state index in [0.29, 0.717) is 6.67 Å². The molecular formula is C40H39N5O. The highest BCUT2D eigenvalue weighted by atomic mass is 16.5. The largest absolute Gasteiger partial charge is 0.457 e. The van der Waals surface area contributed by atoms with Gasteiger partial charge in [-0.3, -0.25) is 4.98 Å². The summed E-state index contributed by atoms with van der Waals surface area (Å²) >= 11 is 0. The maximum Gasteiger partial charge on any atom is 0.181 e. The van der Waals surface area contributed by atoms with Crippen LogP contribution in [0, 0.1) is 0 Å². The van der Waals surface area contributed by atoms with Crippen molar-refractivity contribution in [2.75, 3.05) is 4.90 Å². The monoisotopic (exact) mass is 605 g/mol. The van der Waals surface area contributed by atoms with E-state index in [-0.39, 0.29) is 10.8 Å². The quantitative estimate of drug-likeness (QED) is 0.196. The molecule has 4 aromatic carbocycles. The number of pyridine rings is 1. The highest BCUT2D eigenvalue weighted by Crippen LogP contribution is 2.41. The molecular weight excluding hydrogens is 566 g/mol. The van der Waals surface area contributed by atoms with Crippen molar-refractivity contribution in [1.82, 2.24) is 19.7 Å². The van der Waals surface area contributed by atoms with Crippen molar-refractivity contribution in [2.45, 2.75) is 59.0 Å². The van der Waals surface area contributed by atoms with E-state index in [2.05, 4.69) is 113 Å². The van der Waals surface area contributed by atoms with Gasteiger partial charge in [-0.15, -0.1) is 5.10 Å². The van der Waals surface area contributed by atoms with Crippen LogP contribution in [0.1, 0.15) is 52.7 Å². The minimum atomic E-state index is -0.0662. The highest BCUT2D eigenvalue weighted by molar-refractivity contribution is 5.82. The maximum absolute atomic E-state index is 6.64. The van der Waals surface area contributed by atoms with Gasteiger partial charge in [0.15, 0.2) is 11.6 Å². The van der Waals surface area contributed by atoms with Crippen LogP contribution in [0.3, 0.4) is 0 Å². The molecule has 46 heavy (non-hydrogen) atoms. The molecule has 0 aliphatic carbocycles. The van der Waals surface area contributed by atoms with Crippen LogP contribution < -0.4 is 9.64 Å². The van der Waals surface area contributed by atoms with Crippen molar-refractivity contribution in [2.24, 2.45) is 0 Å². The second-order valence-electron chi connectivity index (χ2n) is 14.0. The van der Waals surface area contributed by atoms with E-state index in [1.165, 1.54) is 11.1 Å². The first-order valence-electron chi connectivity index (χ1n) is 15.8. The van der Waals surface area contributed by atoms with Gasteiger partial charge < -0.3 is 9.64 Å². The second kappa shape index (κ2) is 11.3. The number of fused-ring (bicyclic) bond motifs is 3. The summed E-state index contributed by atoms with van der Waals surface area (Å²) in [5.74, 6) is 3.14. The Bertz CT molecular complexity index is 2030. The molecule has 1 aliphatic heterocycles. The molecule has 6 aromatic rings. The van der Waals surface area contributed by atoms with Crippen LogP contribution in [-0.4, -0.2) is 19.7 Å². The zero-order chi connectivity index (χ0) is 32.1. The number of rotatable bonds is 5. The average Bonchev–Trinajstić information content (AvgIpc) is 3.49. The first kappa shape index (κ1) is 29.5. The molecule has 0 atom stereocenters. The summed E-state index contributed by atoms with van der Waals surface area (Å²) in [4.78, 5) is 12.0. The number of anilines is 2. The van der Waals surface area contributed by atoms with Gasteiger partial charge in [-0.05, 0) is 76.6 Å². The van der Waals surface area contributed by atoms with E-state index in [1.54, 1.807) is 0 Å². The van der Waals surface area contributed by atoms with Crippen molar-refractivity contribution in [3.63, 3.8) is 0 Å². The van der Waals surface area contributed by atoms with Gasteiger partial charge in [-0.1, -0.05) is 90.1 Å². The molecule has 1 aliphatic rings. The van der Waals surface area contributed by atoms with E-state index in [0.717, 1.165) is 56.9 Å². The van der Waals surface area contributed by atoms with Gasteiger partial charge in [-0.2, -0.15) is 0 Å². The maximum atomic E-state index is 6.64. The molecule has 7 rings (SSSR count). The van der Waals surface area contributed by atoms with Crippen molar-refractivity contribution in [3.05, 3.63) is 127 Å². The third-order valence-electron chi connectivity index (χ3n) is 8.47. The lowest BCUT2D eigenvalue weighted by Crippen LogP contribution is -2.27. The Morgan fingerprint density at radius 2 is 1.41 bits per heavy atom. The summed E-state index contributed by atoms with van der Waals surface area (Å²) < 4.78 is 8.62. The number of ether oxygens (including phenoxy) is 1. The van der Waals surface area contributed by atoms with Crippen molar-refractivity contribution >= 4 is 11.4 Å². The van der Waals surface area contributed by atoms with Gasteiger partial charge >= 0.3 is 0 Å². The molecule has 2 aromatic heterocycles. The minimum absolute atomic E-state index is 0.0300. The molecule has 0 radical (unpaired) electrons. The molecule has 6 nitrogen and oxygen atoms in total. The second-order valence-corrected chi connectivity index (χ2v) is 14.0. The Morgan fingerprint density at radius 1 is 0.652 bits per heavy atom. The molecule has 0 amide bonds. The van der Waals surface area contributed by atoms with Crippen LogP contribution in [-0.2, 0) is 17.5 Å². The number of benzene rings is 4. The van der Waals surface area contributed by atoms with Gasteiger partial charge in [0, 0.05) is 34.6 Å². The van der Waals surface area contributed by atoms with E-state index in [4.69, 9.17) is 19.8 Å². The Balaban J connectivity index is 1.24. The highest BCUT2D eigenvalue weighted by Gasteiger charge is 2.27.